The molecule has 2 atom stereocenters. The summed E-state index contributed by atoms with van der Waals surface area (Å²) in [4.78, 5) is 0. The maximum Gasteiger partial charge on any atom is 0.264 e. The molecule has 0 saturated carbocycles. The lowest BCUT2D eigenvalue weighted by Gasteiger charge is -2.47. The zero-order chi connectivity index (χ0) is 18.3. The maximum absolute atomic E-state index is 12.3. The average Bonchev–Trinajstić information content (AvgIpc) is 2.62. The van der Waals surface area contributed by atoms with E-state index in [1.165, 1.54) is 4.31 Å². The summed E-state index contributed by atoms with van der Waals surface area (Å²) < 4.78 is 59.9. The van der Waals surface area contributed by atoms with Crippen LogP contribution in [0.3, 0.4) is 0 Å². The molecular formula is C13H28NO6S2Si. The highest BCUT2D eigenvalue weighted by Gasteiger charge is 2.57. The molecule has 1 aliphatic heterocycles. The van der Waals surface area contributed by atoms with Gasteiger partial charge in [-0.3, -0.25) is 4.18 Å². The van der Waals surface area contributed by atoms with E-state index in [-0.39, 0.29) is 19.6 Å². The Morgan fingerprint density at radius 3 is 2.04 bits per heavy atom. The Kier molecular flexibility index (Phi) is 6.14. The quantitative estimate of drug-likeness (QED) is 0.501. The fourth-order valence-corrected chi connectivity index (χ4v) is 5.58. The van der Waals surface area contributed by atoms with E-state index in [1.807, 2.05) is 33.9 Å². The molecule has 0 aromatic heterocycles. The molecule has 0 bridgehead atoms. The standard InChI is InChI=1S/C13H28NO6S2Si/c1-12(2,3)13(10-19-23(6)7)8-11(20-22(5,17)18)9-14(13)21(4,15)16/h11H,8-10H2,1-7H3/t11-,13-/m0/s1. The van der Waals surface area contributed by atoms with E-state index in [1.54, 1.807) is 0 Å². The zero-order valence-corrected chi connectivity index (χ0v) is 17.5. The van der Waals surface area contributed by atoms with E-state index in [4.69, 9.17) is 8.61 Å². The van der Waals surface area contributed by atoms with Crippen molar-refractivity contribution in [2.45, 2.75) is 51.9 Å². The van der Waals surface area contributed by atoms with Crippen LogP contribution in [-0.4, -0.2) is 67.5 Å². The van der Waals surface area contributed by atoms with Gasteiger partial charge in [0, 0.05) is 6.54 Å². The van der Waals surface area contributed by atoms with Crippen LogP contribution in [0.5, 0.6) is 0 Å². The van der Waals surface area contributed by atoms with Crippen molar-refractivity contribution in [1.82, 2.24) is 4.31 Å². The molecule has 1 aliphatic rings. The van der Waals surface area contributed by atoms with Crippen molar-refractivity contribution in [3.8, 4) is 0 Å². The summed E-state index contributed by atoms with van der Waals surface area (Å²) in [5.41, 5.74) is -1.28. The van der Waals surface area contributed by atoms with Crippen molar-refractivity contribution in [1.29, 1.82) is 0 Å². The maximum atomic E-state index is 12.3. The fraction of sp³-hybridized carbons (Fsp3) is 1.00. The highest BCUT2D eigenvalue weighted by atomic mass is 32.2. The minimum atomic E-state index is -3.66. The molecule has 0 N–H and O–H groups in total. The van der Waals surface area contributed by atoms with E-state index in [0.29, 0.717) is 0 Å². The van der Waals surface area contributed by atoms with Gasteiger partial charge < -0.3 is 4.43 Å². The van der Waals surface area contributed by atoms with Crippen LogP contribution in [-0.2, 0) is 28.8 Å². The average molecular weight is 387 g/mol. The SMILES string of the molecule is C[Si](C)OC[C@]1(C(C)(C)C)C[C@H](OS(C)(=O)=O)CN1S(C)(=O)=O. The summed E-state index contributed by atoms with van der Waals surface area (Å²) >= 11 is 0. The molecule has 0 aromatic carbocycles. The number of sulfonamides is 1. The van der Waals surface area contributed by atoms with Gasteiger partial charge in [-0.05, 0) is 24.9 Å². The molecule has 0 unspecified atom stereocenters. The predicted molar refractivity (Wildman–Crippen MR) is 91.5 cm³/mol. The van der Waals surface area contributed by atoms with Crippen molar-refractivity contribution < 1.29 is 25.4 Å². The van der Waals surface area contributed by atoms with E-state index < -0.39 is 46.2 Å². The number of hydrogen-bond acceptors (Lipinski definition) is 6. The molecule has 0 spiro atoms. The lowest BCUT2D eigenvalue weighted by atomic mass is 9.73. The molecule has 1 radical (unpaired) electrons. The molecule has 23 heavy (non-hydrogen) atoms. The van der Waals surface area contributed by atoms with E-state index in [2.05, 4.69) is 0 Å². The van der Waals surface area contributed by atoms with Gasteiger partial charge in [0.05, 0.1) is 30.8 Å². The van der Waals surface area contributed by atoms with Gasteiger partial charge in [0.25, 0.3) is 10.1 Å². The van der Waals surface area contributed by atoms with Crippen LogP contribution in [0.2, 0.25) is 13.1 Å². The molecule has 1 rings (SSSR count). The Morgan fingerprint density at radius 2 is 1.70 bits per heavy atom. The Labute approximate surface area is 142 Å². The second-order valence-corrected chi connectivity index (χ2v) is 13.0. The van der Waals surface area contributed by atoms with E-state index in [0.717, 1.165) is 12.5 Å². The first kappa shape index (κ1) is 21.0. The number of hydrogen-bond donors (Lipinski definition) is 0. The van der Waals surface area contributed by atoms with Crippen molar-refractivity contribution >= 4 is 29.2 Å². The highest BCUT2D eigenvalue weighted by molar-refractivity contribution is 7.88. The van der Waals surface area contributed by atoms with Crippen molar-refractivity contribution in [3.05, 3.63) is 0 Å². The second-order valence-electron chi connectivity index (χ2n) is 7.40. The molecule has 10 heteroatoms. The molecule has 0 aromatic rings. The third kappa shape index (κ3) is 5.23. The largest absolute Gasteiger partial charge is 0.415 e. The Morgan fingerprint density at radius 1 is 1.17 bits per heavy atom. The van der Waals surface area contributed by atoms with Crippen LogP contribution in [0.1, 0.15) is 27.2 Å². The van der Waals surface area contributed by atoms with Gasteiger partial charge in [0.15, 0.2) is 0 Å². The Bertz CT molecular complexity index is 625. The summed E-state index contributed by atoms with van der Waals surface area (Å²) in [7, 11) is -8.22. The zero-order valence-electron chi connectivity index (χ0n) is 14.9. The summed E-state index contributed by atoms with van der Waals surface area (Å²) in [5.74, 6) is 0. The second kappa shape index (κ2) is 6.72. The molecule has 0 amide bonds. The first-order chi connectivity index (χ1) is 10.1. The third-order valence-electron chi connectivity index (χ3n) is 4.12. The van der Waals surface area contributed by atoms with Gasteiger partial charge in [-0.1, -0.05) is 20.8 Å². The minimum Gasteiger partial charge on any atom is -0.415 e. The smallest absolute Gasteiger partial charge is 0.264 e. The summed E-state index contributed by atoms with van der Waals surface area (Å²) in [6.45, 7) is 10.0. The molecule has 137 valence electrons. The third-order valence-corrected chi connectivity index (χ3v) is 6.76. The minimum absolute atomic E-state index is 0.0159. The topological polar surface area (TPSA) is 90.0 Å². The lowest BCUT2D eigenvalue weighted by molar-refractivity contribution is 0.0317. The normalized spacial score (nSPS) is 27.7. The van der Waals surface area contributed by atoms with Crippen LogP contribution in [0.25, 0.3) is 0 Å². The molecule has 7 nitrogen and oxygen atoms in total. The summed E-state index contributed by atoms with van der Waals surface area (Å²) in [6, 6.07) is 0. The van der Waals surface area contributed by atoms with Gasteiger partial charge in [0.2, 0.25) is 19.1 Å². The van der Waals surface area contributed by atoms with Crippen LogP contribution in [0.4, 0.5) is 0 Å². The number of rotatable bonds is 6. The highest BCUT2D eigenvalue weighted by Crippen LogP contribution is 2.46. The van der Waals surface area contributed by atoms with Gasteiger partial charge in [-0.2, -0.15) is 12.7 Å². The summed E-state index contributed by atoms with van der Waals surface area (Å²) in [6.07, 6.45) is 1.70. The molecule has 1 saturated heterocycles. The predicted octanol–water partition coefficient (Wildman–Crippen LogP) is 1.05. The monoisotopic (exact) mass is 386 g/mol. The van der Waals surface area contributed by atoms with Crippen molar-refractivity contribution in [3.63, 3.8) is 0 Å². The number of nitrogens with zero attached hydrogens (tertiary/aromatic N) is 1. The van der Waals surface area contributed by atoms with E-state index >= 15 is 0 Å². The lowest BCUT2D eigenvalue weighted by Crippen LogP contribution is -2.58. The molecule has 0 aliphatic carbocycles. The van der Waals surface area contributed by atoms with Gasteiger partial charge in [0.1, 0.15) is 0 Å². The Hall–Kier alpha value is -0.00312. The molecular weight excluding hydrogens is 358 g/mol. The first-order valence-electron chi connectivity index (χ1n) is 7.37. The first-order valence-corrected chi connectivity index (χ1v) is 13.4. The fourth-order valence-electron chi connectivity index (χ4n) is 2.96. The van der Waals surface area contributed by atoms with Gasteiger partial charge in [-0.15, -0.1) is 0 Å². The molecule has 1 heterocycles. The van der Waals surface area contributed by atoms with Crippen molar-refractivity contribution in [2.24, 2.45) is 5.41 Å². The van der Waals surface area contributed by atoms with Crippen LogP contribution in [0.15, 0.2) is 0 Å². The summed E-state index contributed by atoms with van der Waals surface area (Å²) in [5, 5.41) is 0. The van der Waals surface area contributed by atoms with Crippen molar-refractivity contribution in [2.75, 3.05) is 25.7 Å². The van der Waals surface area contributed by atoms with Crippen LogP contribution >= 0.6 is 0 Å². The molecule has 1 fully saturated rings. The van der Waals surface area contributed by atoms with Gasteiger partial charge in [-0.25, -0.2) is 8.42 Å². The van der Waals surface area contributed by atoms with Crippen LogP contribution in [0, 0.1) is 5.41 Å². The Balaban J connectivity index is 3.31. The van der Waals surface area contributed by atoms with Crippen LogP contribution < -0.4 is 0 Å². The van der Waals surface area contributed by atoms with Gasteiger partial charge >= 0.3 is 0 Å². The van der Waals surface area contributed by atoms with E-state index in [9.17, 15) is 16.8 Å².